The van der Waals surface area contributed by atoms with Crippen LogP contribution in [0, 0.1) is 0 Å². The summed E-state index contributed by atoms with van der Waals surface area (Å²) in [5.74, 6) is -0.0925. The molecule has 1 amide bonds. The largest absolute Gasteiger partial charge is 0.343 e. The number of halogens is 1. The summed E-state index contributed by atoms with van der Waals surface area (Å²) in [6, 6.07) is 0. The van der Waals surface area contributed by atoms with Crippen LogP contribution in [0.2, 0.25) is 5.28 Å². The highest BCUT2D eigenvalue weighted by molar-refractivity contribution is 7.89. The first-order valence-corrected chi connectivity index (χ1v) is 8.01. The van der Waals surface area contributed by atoms with Crippen molar-refractivity contribution in [1.82, 2.24) is 19.6 Å². The van der Waals surface area contributed by atoms with E-state index in [4.69, 9.17) is 11.6 Å². The number of hydrogen-bond donors (Lipinski definition) is 1. The minimum absolute atomic E-state index is 0.0272. The molecule has 1 heterocycles. The van der Waals surface area contributed by atoms with Crippen molar-refractivity contribution in [2.75, 3.05) is 19.6 Å². The van der Waals surface area contributed by atoms with Crippen LogP contribution in [0.4, 0.5) is 0 Å². The molecule has 0 unspecified atom stereocenters. The number of nitrogens with zero attached hydrogens (tertiary/aromatic N) is 3. The number of aromatic nitrogens is 2. The first kappa shape index (κ1) is 16.8. The molecule has 0 aliphatic rings. The molecule has 0 saturated heterocycles. The van der Waals surface area contributed by atoms with Crippen molar-refractivity contribution in [3.63, 3.8) is 0 Å². The summed E-state index contributed by atoms with van der Waals surface area (Å²) in [6.45, 7) is 4.98. The third-order valence-electron chi connectivity index (χ3n) is 2.65. The topological polar surface area (TPSA) is 92.3 Å². The Balaban J connectivity index is 2.56. The Kier molecular flexibility index (Phi) is 6.31. The van der Waals surface area contributed by atoms with Gasteiger partial charge in [0.25, 0.3) is 0 Å². The van der Waals surface area contributed by atoms with E-state index in [9.17, 15) is 13.2 Å². The van der Waals surface area contributed by atoms with Gasteiger partial charge < -0.3 is 4.90 Å². The highest BCUT2D eigenvalue weighted by Crippen LogP contribution is 2.07. The number of carbonyl (C=O) groups excluding carboxylic acids is 1. The Morgan fingerprint density at radius 3 is 2.35 bits per heavy atom. The van der Waals surface area contributed by atoms with Crippen molar-refractivity contribution >= 4 is 27.5 Å². The molecule has 1 rings (SSSR count). The normalized spacial score (nSPS) is 11.3. The lowest BCUT2D eigenvalue weighted by molar-refractivity contribution is -0.130. The van der Waals surface area contributed by atoms with Gasteiger partial charge in [-0.05, 0) is 25.4 Å². The average Bonchev–Trinajstić information content (AvgIpc) is 2.40. The van der Waals surface area contributed by atoms with Gasteiger partial charge in [-0.2, -0.15) is 0 Å². The maximum absolute atomic E-state index is 11.9. The Morgan fingerprint density at radius 2 is 1.85 bits per heavy atom. The fourth-order valence-electron chi connectivity index (χ4n) is 1.55. The monoisotopic (exact) mass is 320 g/mol. The van der Waals surface area contributed by atoms with Gasteiger partial charge in [0.15, 0.2) is 0 Å². The van der Waals surface area contributed by atoms with E-state index in [1.807, 2.05) is 13.8 Å². The number of sulfonamides is 1. The number of amides is 1. The summed E-state index contributed by atoms with van der Waals surface area (Å²) in [7, 11) is -3.72. The maximum atomic E-state index is 11.9. The van der Waals surface area contributed by atoms with Crippen LogP contribution in [0.5, 0.6) is 0 Å². The maximum Gasteiger partial charge on any atom is 0.243 e. The molecule has 9 heteroatoms. The lowest BCUT2D eigenvalue weighted by Gasteiger charge is -2.18. The van der Waals surface area contributed by atoms with E-state index in [0.29, 0.717) is 13.1 Å². The van der Waals surface area contributed by atoms with Gasteiger partial charge >= 0.3 is 0 Å². The van der Waals surface area contributed by atoms with Crippen LogP contribution in [0.3, 0.4) is 0 Å². The molecule has 1 aromatic heterocycles. The van der Waals surface area contributed by atoms with E-state index in [2.05, 4.69) is 14.7 Å². The fraction of sp³-hybridized carbons (Fsp3) is 0.545. The zero-order valence-corrected chi connectivity index (χ0v) is 12.9. The van der Waals surface area contributed by atoms with Gasteiger partial charge in [-0.3, -0.25) is 4.79 Å². The minimum Gasteiger partial charge on any atom is -0.343 e. The van der Waals surface area contributed by atoms with Crippen molar-refractivity contribution in [3.8, 4) is 0 Å². The summed E-state index contributed by atoms with van der Waals surface area (Å²) in [6.07, 6.45) is 2.34. The van der Waals surface area contributed by atoms with E-state index in [0.717, 1.165) is 12.4 Å². The molecule has 0 saturated carbocycles. The molecule has 0 spiro atoms. The molecule has 0 fully saturated rings. The lowest BCUT2D eigenvalue weighted by Crippen LogP contribution is -2.34. The Morgan fingerprint density at radius 1 is 1.30 bits per heavy atom. The Bertz CT molecular complexity index is 543. The number of nitrogens with one attached hydrogen (secondary N) is 1. The van der Waals surface area contributed by atoms with Crippen molar-refractivity contribution in [2.45, 2.75) is 25.2 Å². The standard InChI is InChI=1S/C11H17ClN4O3S/c1-3-16(4-2)10(17)5-6-15-20(18,19)9-7-13-11(12)14-8-9/h7-8,15H,3-6H2,1-2H3. The van der Waals surface area contributed by atoms with E-state index in [1.165, 1.54) is 0 Å². The van der Waals surface area contributed by atoms with Gasteiger partial charge in [0, 0.05) is 26.1 Å². The predicted octanol–water partition coefficient (Wildman–Crippen LogP) is 0.667. The molecule has 0 radical (unpaired) electrons. The van der Waals surface area contributed by atoms with E-state index < -0.39 is 10.0 Å². The van der Waals surface area contributed by atoms with Crippen LogP contribution in [0.25, 0.3) is 0 Å². The van der Waals surface area contributed by atoms with Crippen molar-refractivity contribution in [1.29, 1.82) is 0 Å². The zero-order valence-electron chi connectivity index (χ0n) is 11.3. The Labute approximate surface area is 123 Å². The molecule has 0 aromatic carbocycles. The highest BCUT2D eigenvalue weighted by atomic mass is 35.5. The quantitative estimate of drug-likeness (QED) is 0.745. The van der Waals surface area contributed by atoms with Gasteiger partial charge in [0.1, 0.15) is 4.90 Å². The third-order valence-corrected chi connectivity index (χ3v) is 4.26. The molecule has 1 aromatic rings. The molecule has 0 aliphatic heterocycles. The second-order valence-electron chi connectivity index (χ2n) is 3.90. The average molecular weight is 321 g/mol. The van der Waals surface area contributed by atoms with E-state index >= 15 is 0 Å². The molecule has 0 atom stereocenters. The zero-order chi connectivity index (χ0) is 15.2. The van der Waals surface area contributed by atoms with Crippen LogP contribution < -0.4 is 4.72 Å². The third kappa shape index (κ3) is 4.69. The molecule has 7 nitrogen and oxygen atoms in total. The predicted molar refractivity (Wildman–Crippen MR) is 74.8 cm³/mol. The first-order chi connectivity index (χ1) is 9.40. The molecule has 112 valence electrons. The molecule has 0 bridgehead atoms. The van der Waals surface area contributed by atoms with E-state index in [-0.39, 0.29) is 29.1 Å². The summed E-state index contributed by atoms with van der Waals surface area (Å²) < 4.78 is 26.1. The highest BCUT2D eigenvalue weighted by Gasteiger charge is 2.16. The molecule has 0 aliphatic carbocycles. The minimum atomic E-state index is -3.72. The van der Waals surface area contributed by atoms with Gasteiger partial charge in [-0.25, -0.2) is 23.1 Å². The van der Waals surface area contributed by atoms with Crippen molar-refractivity contribution in [3.05, 3.63) is 17.7 Å². The fourth-order valence-corrected chi connectivity index (χ4v) is 2.57. The van der Waals surface area contributed by atoms with Crippen molar-refractivity contribution < 1.29 is 13.2 Å². The summed E-state index contributed by atoms with van der Waals surface area (Å²) >= 11 is 5.49. The second kappa shape index (κ2) is 7.51. The lowest BCUT2D eigenvalue weighted by atomic mass is 10.3. The van der Waals surface area contributed by atoms with Crippen LogP contribution in [0.1, 0.15) is 20.3 Å². The van der Waals surface area contributed by atoms with Gasteiger partial charge in [0.2, 0.25) is 21.2 Å². The van der Waals surface area contributed by atoms with Crippen LogP contribution >= 0.6 is 11.6 Å². The summed E-state index contributed by atoms with van der Waals surface area (Å²) in [5.41, 5.74) is 0. The van der Waals surface area contributed by atoms with Crippen LogP contribution in [0.15, 0.2) is 17.3 Å². The molecule has 20 heavy (non-hydrogen) atoms. The van der Waals surface area contributed by atoms with Crippen LogP contribution in [-0.4, -0.2) is 48.8 Å². The number of rotatable bonds is 7. The molecular formula is C11H17ClN4O3S. The van der Waals surface area contributed by atoms with Crippen molar-refractivity contribution in [2.24, 2.45) is 0 Å². The van der Waals surface area contributed by atoms with Gasteiger partial charge in [0.05, 0.1) is 12.4 Å². The second-order valence-corrected chi connectivity index (χ2v) is 6.01. The van der Waals surface area contributed by atoms with E-state index in [1.54, 1.807) is 4.90 Å². The summed E-state index contributed by atoms with van der Waals surface area (Å²) in [4.78, 5) is 20.5. The smallest absolute Gasteiger partial charge is 0.243 e. The molecular weight excluding hydrogens is 304 g/mol. The SMILES string of the molecule is CCN(CC)C(=O)CCNS(=O)(=O)c1cnc(Cl)nc1. The van der Waals surface area contributed by atoms with Gasteiger partial charge in [-0.15, -0.1) is 0 Å². The van der Waals surface area contributed by atoms with Crippen LogP contribution in [-0.2, 0) is 14.8 Å². The number of carbonyl (C=O) groups is 1. The Hall–Kier alpha value is -1.25. The summed E-state index contributed by atoms with van der Waals surface area (Å²) in [5, 5.41) is -0.0272. The molecule has 1 N–H and O–H groups in total. The van der Waals surface area contributed by atoms with Gasteiger partial charge in [-0.1, -0.05) is 0 Å². The number of hydrogen-bond acceptors (Lipinski definition) is 5. The first-order valence-electron chi connectivity index (χ1n) is 6.15.